The van der Waals surface area contributed by atoms with Crippen LogP contribution in [0.15, 0.2) is 18.2 Å². The Morgan fingerprint density at radius 1 is 1.16 bits per heavy atom. The predicted molar refractivity (Wildman–Crippen MR) is 81.6 cm³/mol. The molecule has 0 aromatic heterocycles. The highest BCUT2D eigenvalue weighted by Crippen LogP contribution is 2.25. The molecule has 1 aromatic rings. The monoisotopic (exact) mass is 258 g/mol. The summed E-state index contributed by atoms with van der Waals surface area (Å²) in [6, 6.07) is 7.76. The lowest BCUT2D eigenvalue weighted by Crippen LogP contribution is -2.30. The van der Waals surface area contributed by atoms with Gasteiger partial charge in [0.05, 0.1) is 0 Å². The fourth-order valence-corrected chi connectivity index (χ4v) is 3.57. The molecule has 0 saturated heterocycles. The third-order valence-corrected chi connectivity index (χ3v) is 4.76. The first kappa shape index (κ1) is 13.0. The number of nitrogens with zero attached hydrogens (tertiary/aromatic N) is 1. The molecule has 0 amide bonds. The first-order valence-corrected chi connectivity index (χ1v) is 7.89. The Kier molecular flexibility index (Phi) is 4.07. The van der Waals surface area contributed by atoms with E-state index >= 15 is 0 Å². The molecule has 0 unspecified atom stereocenters. The standard InChI is InChI=1S/C17H26N2/c1-19(16-6-4-2-3-5-7-16)13-14-8-9-17-15(12-14)10-11-18-17/h8-9,12,16,18H,2-7,10-11,13H2,1H3. The van der Waals surface area contributed by atoms with Crippen LogP contribution in [-0.4, -0.2) is 24.5 Å². The number of hydrogen-bond acceptors (Lipinski definition) is 2. The van der Waals surface area contributed by atoms with Crippen LogP contribution in [0, 0.1) is 0 Å². The van der Waals surface area contributed by atoms with Crippen LogP contribution in [0.4, 0.5) is 5.69 Å². The van der Waals surface area contributed by atoms with E-state index in [1.54, 1.807) is 0 Å². The molecule has 19 heavy (non-hydrogen) atoms. The van der Waals surface area contributed by atoms with E-state index in [9.17, 15) is 0 Å². The average molecular weight is 258 g/mol. The zero-order chi connectivity index (χ0) is 13.1. The van der Waals surface area contributed by atoms with E-state index < -0.39 is 0 Å². The van der Waals surface area contributed by atoms with Crippen molar-refractivity contribution in [3.8, 4) is 0 Å². The van der Waals surface area contributed by atoms with Crippen molar-refractivity contribution >= 4 is 5.69 Å². The summed E-state index contributed by atoms with van der Waals surface area (Å²) in [5.41, 5.74) is 4.34. The van der Waals surface area contributed by atoms with Gasteiger partial charge >= 0.3 is 0 Å². The Morgan fingerprint density at radius 3 is 2.74 bits per heavy atom. The minimum Gasteiger partial charge on any atom is -0.384 e. The predicted octanol–water partition coefficient (Wildman–Crippen LogP) is 3.81. The fraction of sp³-hybridized carbons (Fsp3) is 0.647. The summed E-state index contributed by atoms with van der Waals surface area (Å²) >= 11 is 0. The second-order valence-electron chi connectivity index (χ2n) is 6.23. The lowest BCUT2D eigenvalue weighted by Gasteiger charge is -2.27. The van der Waals surface area contributed by atoms with Crippen LogP contribution in [0.5, 0.6) is 0 Å². The second kappa shape index (κ2) is 5.96. The van der Waals surface area contributed by atoms with E-state index in [1.165, 1.54) is 61.8 Å². The summed E-state index contributed by atoms with van der Waals surface area (Å²) in [6.07, 6.45) is 9.69. The Balaban J connectivity index is 1.63. The molecule has 1 aliphatic carbocycles. The summed E-state index contributed by atoms with van der Waals surface area (Å²) in [5, 5.41) is 3.44. The Hall–Kier alpha value is -1.02. The summed E-state index contributed by atoms with van der Waals surface area (Å²) in [6.45, 7) is 2.22. The lowest BCUT2D eigenvalue weighted by atomic mass is 10.0. The van der Waals surface area contributed by atoms with E-state index in [4.69, 9.17) is 0 Å². The molecule has 1 aliphatic heterocycles. The highest BCUT2D eigenvalue weighted by molar-refractivity contribution is 5.56. The van der Waals surface area contributed by atoms with Gasteiger partial charge in [-0.1, -0.05) is 37.8 Å². The largest absolute Gasteiger partial charge is 0.384 e. The van der Waals surface area contributed by atoms with Gasteiger partial charge in [0, 0.05) is 24.8 Å². The number of nitrogens with one attached hydrogen (secondary N) is 1. The SMILES string of the molecule is CN(Cc1ccc2c(c1)CCN2)C1CCCCCC1. The van der Waals surface area contributed by atoms with Crippen LogP contribution in [0.2, 0.25) is 0 Å². The van der Waals surface area contributed by atoms with Gasteiger partial charge < -0.3 is 5.32 Å². The van der Waals surface area contributed by atoms with Crippen LogP contribution in [-0.2, 0) is 13.0 Å². The van der Waals surface area contributed by atoms with E-state index in [0.29, 0.717) is 0 Å². The number of benzene rings is 1. The molecule has 0 bridgehead atoms. The zero-order valence-electron chi connectivity index (χ0n) is 12.1. The number of anilines is 1. The second-order valence-corrected chi connectivity index (χ2v) is 6.23. The molecule has 1 heterocycles. The Morgan fingerprint density at radius 2 is 1.95 bits per heavy atom. The van der Waals surface area contributed by atoms with E-state index in [2.05, 4.69) is 35.5 Å². The molecular formula is C17H26N2. The molecule has 1 N–H and O–H groups in total. The van der Waals surface area contributed by atoms with Crippen molar-refractivity contribution in [3.63, 3.8) is 0 Å². The van der Waals surface area contributed by atoms with Crippen molar-refractivity contribution in [2.45, 2.75) is 57.5 Å². The quantitative estimate of drug-likeness (QED) is 0.829. The minimum atomic E-state index is 0.800. The molecule has 1 fully saturated rings. The van der Waals surface area contributed by atoms with Crippen molar-refractivity contribution in [1.82, 2.24) is 4.90 Å². The molecule has 0 radical (unpaired) electrons. The maximum atomic E-state index is 3.44. The number of rotatable bonds is 3. The summed E-state index contributed by atoms with van der Waals surface area (Å²) in [5.74, 6) is 0. The van der Waals surface area contributed by atoms with Gasteiger partial charge in [0.25, 0.3) is 0 Å². The third-order valence-electron chi connectivity index (χ3n) is 4.76. The molecule has 1 saturated carbocycles. The smallest absolute Gasteiger partial charge is 0.0373 e. The molecule has 0 atom stereocenters. The Bertz CT molecular complexity index is 419. The van der Waals surface area contributed by atoms with E-state index in [1.807, 2.05) is 0 Å². The van der Waals surface area contributed by atoms with Crippen molar-refractivity contribution < 1.29 is 0 Å². The maximum Gasteiger partial charge on any atom is 0.0373 e. The molecule has 0 spiro atoms. The van der Waals surface area contributed by atoms with Crippen molar-refractivity contribution in [3.05, 3.63) is 29.3 Å². The van der Waals surface area contributed by atoms with Gasteiger partial charge in [-0.15, -0.1) is 0 Å². The van der Waals surface area contributed by atoms with Gasteiger partial charge in [-0.25, -0.2) is 0 Å². The first-order valence-electron chi connectivity index (χ1n) is 7.89. The van der Waals surface area contributed by atoms with Gasteiger partial charge in [-0.2, -0.15) is 0 Å². The van der Waals surface area contributed by atoms with Crippen molar-refractivity contribution in [1.29, 1.82) is 0 Å². The van der Waals surface area contributed by atoms with Gasteiger partial charge in [0.2, 0.25) is 0 Å². The molecule has 2 heteroatoms. The summed E-state index contributed by atoms with van der Waals surface area (Å²) in [7, 11) is 2.31. The zero-order valence-corrected chi connectivity index (χ0v) is 12.1. The normalized spacial score (nSPS) is 20.1. The Labute approximate surface area is 117 Å². The third kappa shape index (κ3) is 3.11. The van der Waals surface area contributed by atoms with E-state index in [0.717, 1.165) is 19.1 Å². The van der Waals surface area contributed by atoms with Gasteiger partial charge in [-0.3, -0.25) is 4.90 Å². The highest BCUT2D eigenvalue weighted by atomic mass is 15.1. The summed E-state index contributed by atoms with van der Waals surface area (Å²) in [4.78, 5) is 2.58. The van der Waals surface area contributed by atoms with Crippen LogP contribution in [0.3, 0.4) is 0 Å². The molecule has 2 aliphatic rings. The number of hydrogen-bond donors (Lipinski definition) is 1. The molecule has 2 nitrogen and oxygen atoms in total. The number of fused-ring (bicyclic) bond motifs is 1. The average Bonchev–Trinajstić information content (AvgIpc) is 2.71. The van der Waals surface area contributed by atoms with Crippen LogP contribution in [0.1, 0.15) is 49.7 Å². The highest BCUT2D eigenvalue weighted by Gasteiger charge is 2.17. The first-order chi connectivity index (χ1) is 9.33. The van der Waals surface area contributed by atoms with Crippen LogP contribution in [0.25, 0.3) is 0 Å². The van der Waals surface area contributed by atoms with Crippen molar-refractivity contribution in [2.24, 2.45) is 0 Å². The fourth-order valence-electron chi connectivity index (χ4n) is 3.57. The topological polar surface area (TPSA) is 15.3 Å². The molecule has 3 rings (SSSR count). The molecular weight excluding hydrogens is 232 g/mol. The van der Waals surface area contributed by atoms with Crippen molar-refractivity contribution in [2.75, 3.05) is 18.9 Å². The van der Waals surface area contributed by atoms with E-state index in [-0.39, 0.29) is 0 Å². The minimum absolute atomic E-state index is 0.800. The van der Waals surface area contributed by atoms with Crippen LogP contribution >= 0.6 is 0 Å². The van der Waals surface area contributed by atoms with Crippen LogP contribution < -0.4 is 5.32 Å². The van der Waals surface area contributed by atoms with Gasteiger partial charge in [-0.05, 0) is 43.5 Å². The van der Waals surface area contributed by atoms with Gasteiger partial charge in [0.15, 0.2) is 0 Å². The maximum absolute atomic E-state index is 3.44. The molecule has 1 aromatic carbocycles. The summed E-state index contributed by atoms with van der Waals surface area (Å²) < 4.78 is 0. The van der Waals surface area contributed by atoms with Gasteiger partial charge in [0.1, 0.15) is 0 Å². The lowest BCUT2D eigenvalue weighted by molar-refractivity contribution is 0.213. The molecule has 104 valence electrons.